The number of nitrogens with zero attached hydrogens (tertiary/aromatic N) is 2. The Balaban J connectivity index is 1.66. The van der Waals surface area contributed by atoms with Gasteiger partial charge in [-0.1, -0.05) is 35.3 Å². The van der Waals surface area contributed by atoms with E-state index >= 15 is 0 Å². The molecule has 2 aromatic rings. The number of piperazine rings is 1. The van der Waals surface area contributed by atoms with Crippen molar-refractivity contribution in [2.75, 3.05) is 26.2 Å². The molecular formula is C18H15Cl2FN2O2. The first-order chi connectivity index (χ1) is 12.0. The third-order valence-corrected chi connectivity index (χ3v) is 4.68. The van der Waals surface area contributed by atoms with Crippen molar-refractivity contribution >= 4 is 35.0 Å². The Kier molecular flexibility index (Phi) is 5.25. The van der Waals surface area contributed by atoms with Crippen LogP contribution in [0.5, 0.6) is 0 Å². The summed E-state index contributed by atoms with van der Waals surface area (Å²) in [5.74, 6) is -1.22. The lowest BCUT2D eigenvalue weighted by molar-refractivity contribution is 0.0533. The van der Waals surface area contributed by atoms with Crippen molar-refractivity contribution in [2.45, 2.75) is 0 Å². The largest absolute Gasteiger partial charge is 0.335 e. The molecule has 1 saturated heterocycles. The lowest BCUT2D eigenvalue weighted by Crippen LogP contribution is -2.50. The molecule has 4 nitrogen and oxygen atoms in total. The van der Waals surface area contributed by atoms with Crippen molar-refractivity contribution < 1.29 is 14.0 Å². The normalized spacial score (nSPS) is 14.5. The van der Waals surface area contributed by atoms with Crippen LogP contribution in [0.3, 0.4) is 0 Å². The maximum Gasteiger partial charge on any atom is 0.256 e. The average Bonchev–Trinajstić information content (AvgIpc) is 2.61. The van der Waals surface area contributed by atoms with Crippen LogP contribution in [0.15, 0.2) is 42.5 Å². The van der Waals surface area contributed by atoms with Crippen molar-refractivity contribution in [3.63, 3.8) is 0 Å². The van der Waals surface area contributed by atoms with Gasteiger partial charge in [0.05, 0.1) is 16.1 Å². The predicted octanol–water partition coefficient (Wildman–Crippen LogP) is 3.73. The van der Waals surface area contributed by atoms with Gasteiger partial charge in [-0.25, -0.2) is 4.39 Å². The van der Waals surface area contributed by atoms with Gasteiger partial charge in [0.25, 0.3) is 11.8 Å². The summed E-state index contributed by atoms with van der Waals surface area (Å²) >= 11 is 11.8. The summed E-state index contributed by atoms with van der Waals surface area (Å²) < 4.78 is 13.9. The van der Waals surface area contributed by atoms with Gasteiger partial charge in [0, 0.05) is 31.2 Å². The van der Waals surface area contributed by atoms with Gasteiger partial charge in [0.15, 0.2) is 0 Å². The quantitative estimate of drug-likeness (QED) is 0.796. The highest BCUT2D eigenvalue weighted by Gasteiger charge is 2.27. The van der Waals surface area contributed by atoms with E-state index in [-0.39, 0.29) is 16.5 Å². The molecule has 25 heavy (non-hydrogen) atoms. The Hall–Kier alpha value is -2.11. The number of amides is 2. The Labute approximate surface area is 154 Å². The van der Waals surface area contributed by atoms with Gasteiger partial charge in [-0.05, 0) is 30.3 Å². The first-order valence-corrected chi connectivity index (χ1v) is 8.51. The minimum Gasteiger partial charge on any atom is -0.335 e. The molecule has 130 valence electrons. The van der Waals surface area contributed by atoms with E-state index in [1.807, 2.05) is 0 Å². The lowest BCUT2D eigenvalue weighted by Gasteiger charge is -2.35. The third kappa shape index (κ3) is 3.78. The van der Waals surface area contributed by atoms with Gasteiger partial charge >= 0.3 is 0 Å². The van der Waals surface area contributed by atoms with Crippen LogP contribution in [-0.4, -0.2) is 47.8 Å². The molecule has 1 aliphatic rings. The molecule has 1 aliphatic heterocycles. The maximum absolute atomic E-state index is 13.9. The summed E-state index contributed by atoms with van der Waals surface area (Å²) in [5, 5.41) is 0.637. The van der Waals surface area contributed by atoms with Crippen LogP contribution in [0.1, 0.15) is 20.7 Å². The zero-order valence-corrected chi connectivity index (χ0v) is 14.7. The molecule has 1 fully saturated rings. The van der Waals surface area contributed by atoms with Crippen LogP contribution in [0.25, 0.3) is 0 Å². The fourth-order valence-electron chi connectivity index (χ4n) is 2.75. The second-order valence-electron chi connectivity index (χ2n) is 5.69. The van der Waals surface area contributed by atoms with E-state index in [2.05, 4.69) is 0 Å². The standard InChI is InChI=1S/C18H15Cl2FN2O2/c19-12-5-6-14(16(21)11-12)18(25)23-9-7-22(8-10-23)17(24)13-3-1-2-4-15(13)20/h1-6,11H,7-10H2. The average molecular weight is 381 g/mol. The van der Waals surface area contributed by atoms with Gasteiger partial charge in [-0.15, -0.1) is 0 Å². The highest BCUT2D eigenvalue weighted by atomic mass is 35.5. The van der Waals surface area contributed by atoms with E-state index in [1.54, 1.807) is 29.2 Å². The first-order valence-electron chi connectivity index (χ1n) is 7.75. The summed E-state index contributed by atoms with van der Waals surface area (Å²) in [6.45, 7) is 1.39. The molecule has 0 saturated carbocycles. The Bertz CT molecular complexity index is 820. The zero-order chi connectivity index (χ0) is 18.0. The van der Waals surface area contributed by atoms with E-state index in [1.165, 1.54) is 17.0 Å². The van der Waals surface area contributed by atoms with Crippen molar-refractivity contribution in [2.24, 2.45) is 0 Å². The molecule has 0 aliphatic carbocycles. The van der Waals surface area contributed by atoms with Crippen LogP contribution in [0.4, 0.5) is 4.39 Å². The molecule has 0 N–H and O–H groups in total. The van der Waals surface area contributed by atoms with E-state index < -0.39 is 11.7 Å². The van der Waals surface area contributed by atoms with Crippen LogP contribution >= 0.6 is 23.2 Å². The molecule has 2 amide bonds. The van der Waals surface area contributed by atoms with Gasteiger partial charge < -0.3 is 9.80 Å². The molecule has 0 bridgehead atoms. The Morgan fingerprint density at radius 1 is 0.840 bits per heavy atom. The van der Waals surface area contributed by atoms with E-state index in [9.17, 15) is 14.0 Å². The predicted molar refractivity (Wildman–Crippen MR) is 94.7 cm³/mol. The molecule has 1 heterocycles. The van der Waals surface area contributed by atoms with Crippen molar-refractivity contribution in [3.8, 4) is 0 Å². The highest BCUT2D eigenvalue weighted by molar-refractivity contribution is 6.33. The molecule has 0 atom stereocenters. The number of halogens is 3. The van der Waals surface area contributed by atoms with Gasteiger partial charge in [0.1, 0.15) is 5.82 Å². The third-order valence-electron chi connectivity index (χ3n) is 4.12. The summed E-state index contributed by atoms with van der Waals surface area (Å²) in [5.41, 5.74) is 0.419. The molecular weight excluding hydrogens is 366 g/mol. The van der Waals surface area contributed by atoms with E-state index in [0.29, 0.717) is 36.8 Å². The number of hydrogen-bond donors (Lipinski definition) is 0. The minimum atomic E-state index is -0.646. The Morgan fingerprint density at radius 2 is 1.40 bits per heavy atom. The van der Waals surface area contributed by atoms with Gasteiger partial charge in [0.2, 0.25) is 0 Å². The molecule has 2 aromatic carbocycles. The van der Waals surface area contributed by atoms with Gasteiger partial charge in [-0.2, -0.15) is 0 Å². The number of benzene rings is 2. The molecule has 3 rings (SSSR count). The Morgan fingerprint density at radius 3 is 1.96 bits per heavy atom. The number of hydrogen-bond acceptors (Lipinski definition) is 2. The number of carbonyl (C=O) groups is 2. The van der Waals surface area contributed by atoms with Crippen LogP contribution < -0.4 is 0 Å². The summed E-state index contributed by atoms with van der Waals surface area (Å²) in [6, 6.07) is 10.8. The molecule has 0 unspecified atom stereocenters. The topological polar surface area (TPSA) is 40.6 Å². The monoisotopic (exact) mass is 380 g/mol. The summed E-state index contributed by atoms with van der Waals surface area (Å²) in [7, 11) is 0. The number of rotatable bonds is 2. The van der Waals surface area contributed by atoms with Crippen LogP contribution in [0, 0.1) is 5.82 Å². The smallest absolute Gasteiger partial charge is 0.256 e. The zero-order valence-electron chi connectivity index (χ0n) is 13.2. The van der Waals surface area contributed by atoms with Crippen molar-refractivity contribution in [3.05, 3.63) is 69.5 Å². The second kappa shape index (κ2) is 7.42. The molecule has 7 heteroatoms. The second-order valence-corrected chi connectivity index (χ2v) is 6.53. The lowest BCUT2D eigenvalue weighted by atomic mass is 10.1. The fraction of sp³-hybridized carbons (Fsp3) is 0.222. The SMILES string of the molecule is O=C(c1ccc(Cl)cc1F)N1CCN(C(=O)c2ccccc2Cl)CC1. The molecule has 0 aromatic heterocycles. The van der Waals surface area contributed by atoms with E-state index in [0.717, 1.165) is 6.07 Å². The maximum atomic E-state index is 13.9. The van der Waals surface area contributed by atoms with E-state index in [4.69, 9.17) is 23.2 Å². The fourth-order valence-corrected chi connectivity index (χ4v) is 3.13. The van der Waals surface area contributed by atoms with Crippen molar-refractivity contribution in [1.82, 2.24) is 9.80 Å². The first kappa shape index (κ1) is 17.7. The summed E-state index contributed by atoms with van der Waals surface area (Å²) in [4.78, 5) is 28.1. The summed E-state index contributed by atoms with van der Waals surface area (Å²) in [6.07, 6.45) is 0. The van der Waals surface area contributed by atoms with Crippen LogP contribution in [0.2, 0.25) is 10.0 Å². The minimum absolute atomic E-state index is 0.0183. The highest BCUT2D eigenvalue weighted by Crippen LogP contribution is 2.20. The van der Waals surface area contributed by atoms with Crippen molar-refractivity contribution in [1.29, 1.82) is 0 Å². The van der Waals surface area contributed by atoms with Crippen LogP contribution in [-0.2, 0) is 0 Å². The number of carbonyl (C=O) groups excluding carboxylic acids is 2. The molecule has 0 radical (unpaired) electrons. The van der Waals surface area contributed by atoms with Gasteiger partial charge in [-0.3, -0.25) is 9.59 Å². The molecule has 0 spiro atoms.